The van der Waals surface area contributed by atoms with Crippen LogP contribution in [0.15, 0.2) is 42.5 Å². The van der Waals surface area contributed by atoms with Gasteiger partial charge in [-0.25, -0.2) is 0 Å². The quantitative estimate of drug-likeness (QED) is 0.878. The summed E-state index contributed by atoms with van der Waals surface area (Å²) in [6, 6.07) is 15.4. The summed E-state index contributed by atoms with van der Waals surface area (Å²) >= 11 is 0. The third-order valence-corrected chi connectivity index (χ3v) is 3.76. The number of nitrogens with two attached hydrogens (primary N) is 1. The monoisotopic (exact) mass is 253 g/mol. The van der Waals surface area contributed by atoms with Gasteiger partial charge in [0.05, 0.1) is 0 Å². The van der Waals surface area contributed by atoms with Crippen LogP contribution in [0.3, 0.4) is 0 Å². The van der Waals surface area contributed by atoms with Crippen molar-refractivity contribution in [2.24, 2.45) is 5.73 Å². The summed E-state index contributed by atoms with van der Waals surface area (Å²) in [6.07, 6.45) is 1.01. The minimum atomic E-state index is 0.405. The predicted molar refractivity (Wildman–Crippen MR) is 82.6 cm³/mol. The normalized spacial score (nSPS) is 12.4. The second kappa shape index (κ2) is 6.03. The first-order valence-electron chi connectivity index (χ1n) is 6.93. The Bertz CT molecular complexity index is 540. The van der Waals surface area contributed by atoms with E-state index in [-0.39, 0.29) is 0 Å². The summed E-state index contributed by atoms with van der Waals surface area (Å²) in [5, 5.41) is 0. The average molecular weight is 253 g/mol. The molecule has 0 aliphatic heterocycles. The van der Waals surface area contributed by atoms with Crippen LogP contribution in [-0.2, 0) is 6.42 Å². The van der Waals surface area contributed by atoms with Crippen molar-refractivity contribution >= 4 is 0 Å². The lowest BCUT2D eigenvalue weighted by molar-refractivity contribution is 0.689. The van der Waals surface area contributed by atoms with Crippen molar-refractivity contribution in [1.82, 2.24) is 0 Å². The number of aryl methyl sites for hydroxylation is 3. The Balaban J connectivity index is 2.24. The molecule has 19 heavy (non-hydrogen) atoms. The van der Waals surface area contributed by atoms with Crippen LogP contribution in [-0.4, -0.2) is 6.54 Å². The van der Waals surface area contributed by atoms with Crippen LogP contribution in [0.25, 0.3) is 0 Å². The van der Waals surface area contributed by atoms with Gasteiger partial charge in [0.1, 0.15) is 0 Å². The lowest BCUT2D eigenvalue weighted by atomic mass is 9.88. The third-order valence-electron chi connectivity index (χ3n) is 3.76. The Morgan fingerprint density at radius 1 is 0.895 bits per heavy atom. The van der Waals surface area contributed by atoms with Gasteiger partial charge in [-0.05, 0) is 50.4 Å². The molecule has 0 saturated carbocycles. The van der Waals surface area contributed by atoms with E-state index in [0.29, 0.717) is 12.5 Å². The highest BCUT2D eigenvalue weighted by Gasteiger charge is 2.13. The van der Waals surface area contributed by atoms with Crippen LogP contribution in [0, 0.1) is 20.8 Å². The maximum absolute atomic E-state index is 6.00. The first-order valence-corrected chi connectivity index (χ1v) is 6.93. The van der Waals surface area contributed by atoms with E-state index in [0.717, 1.165) is 6.42 Å². The van der Waals surface area contributed by atoms with E-state index >= 15 is 0 Å². The fraction of sp³-hybridized carbons (Fsp3) is 0.333. The van der Waals surface area contributed by atoms with Gasteiger partial charge in [-0.3, -0.25) is 0 Å². The molecule has 1 atom stereocenters. The van der Waals surface area contributed by atoms with Crippen LogP contribution >= 0.6 is 0 Å². The molecule has 2 aromatic rings. The van der Waals surface area contributed by atoms with Gasteiger partial charge in [-0.15, -0.1) is 0 Å². The molecule has 2 aromatic carbocycles. The Morgan fingerprint density at radius 3 is 2.16 bits per heavy atom. The van der Waals surface area contributed by atoms with E-state index < -0.39 is 0 Å². The molecule has 2 N–H and O–H groups in total. The van der Waals surface area contributed by atoms with Gasteiger partial charge in [0.25, 0.3) is 0 Å². The van der Waals surface area contributed by atoms with E-state index in [4.69, 9.17) is 5.73 Å². The van der Waals surface area contributed by atoms with Crippen molar-refractivity contribution in [1.29, 1.82) is 0 Å². The smallest absolute Gasteiger partial charge is 0.000429 e. The molecule has 1 nitrogen and oxygen atoms in total. The second-order valence-corrected chi connectivity index (χ2v) is 5.48. The van der Waals surface area contributed by atoms with Gasteiger partial charge in [-0.2, -0.15) is 0 Å². The van der Waals surface area contributed by atoms with Crippen LogP contribution in [0.4, 0.5) is 0 Å². The fourth-order valence-electron chi connectivity index (χ4n) is 2.53. The second-order valence-electron chi connectivity index (χ2n) is 5.48. The molecular formula is C18H23N. The highest BCUT2D eigenvalue weighted by atomic mass is 14.5. The van der Waals surface area contributed by atoms with Crippen LogP contribution in [0.2, 0.25) is 0 Å². The Hall–Kier alpha value is -1.60. The first kappa shape index (κ1) is 13.8. The van der Waals surface area contributed by atoms with Crippen molar-refractivity contribution in [3.05, 3.63) is 70.3 Å². The summed E-state index contributed by atoms with van der Waals surface area (Å²) in [7, 11) is 0. The highest BCUT2D eigenvalue weighted by molar-refractivity contribution is 5.35. The summed E-state index contributed by atoms with van der Waals surface area (Å²) in [5.74, 6) is 0.405. The minimum absolute atomic E-state index is 0.405. The largest absolute Gasteiger partial charge is 0.330 e. The van der Waals surface area contributed by atoms with Crippen molar-refractivity contribution in [2.45, 2.75) is 33.1 Å². The Labute approximate surface area is 116 Å². The maximum atomic E-state index is 6.00. The predicted octanol–water partition coefficient (Wildman–Crippen LogP) is 3.90. The third kappa shape index (κ3) is 3.45. The molecule has 1 heteroatoms. The zero-order valence-corrected chi connectivity index (χ0v) is 12.1. The van der Waals surface area contributed by atoms with Gasteiger partial charge in [0.15, 0.2) is 0 Å². The number of hydrogen-bond acceptors (Lipinski definition) is 1. The van der Waals surface area contributed by atoms with Crippen LogP contribution < -0.4 is 5.73 Å². The van der Waals surface area contributed by atoms with Gasteiger partial charge in [0, 0.05) is 5.92 Å². The molecule has 0 radical (unpaired) electrons. The van der Waals surface area contributed by atoms with Crippen LogP contribution in [0.5, 0.6) is 0 Å². The molecule has 0 bridgehead atoms. The molecule has 0 fully saturated rings. The molecule has 0 saturated heterocycles. The summed E-state index contributed by atoms with van der Waals surface area (Å²) < 4.78 is 0. The van der Waals surface area contributed by atoms with Gasteiger partial charge < -0.3 is 5.73 Å². The van der Waals surface area contributed by atoms with Crippen molar-refractivity contribution in [2.75, 3.05) is 6.54 Å². The van der Waals surface area contributed by atoms with E-state index in [1.807, 2.05) is 0 Å². The topological polar surface area (TPSA) is 26.0 Å². The Morgan fingerprint density at radius 2 is 1.53 bits per heavy atom. The molecule has 1 unspecified atom stereocenters. The molecule has 0 amide bonds. The SMILES string of the molecule is Cc1ccc(CC(CN)c2cc(C)ccc2C)cc1. The molecule has 0 aliphatic rings. The van der Waals surface area contributed by atoms with Gasteiger partial charge in [-0.1, -0.05) is 53.6 Å². The Kier molecular flexibility index (Phi) is 4.39. The van der Waals surface area contributed by atoms with Gasteiger partial charge >= 0.3 is 0 Å². The zero-order chi connectivity index (χ0) is 13.8. The van der Waals surface area contributed by atoms with Crippen molar-refractivity contribution < 1.29 is 0 Å². The van der Waals surface area contributed by atoms with E-state index in [1.54, 1.807) is 0 Å². The molecular weight excluding hydrogens is 230 g/mol. The van der Waals surface area contributed by atoms with E-state index in [9.17, 15) is 0 Å². The number of benzene rings is 2. The molecule has 0 heterocycles. The fourth-order valence-corrected chi connectivity index (χ4v) is 2.53. The van der Waals surface area contributed by atoms with E-state index in [2.05, 4.69) is 63.2 Å². The van der Waals surface area contributed by atoms with Crippen molar-refractivity contribution in [3.8, 4) is 0 Å². The van der Waals surface area contributed by atoms with Crippen LogP contribution in [0.1, 0.15) is 33.7 Å². The maximum Gasteiger partial charge on any atom is 0.000429 e. The van der Waals surface area contributed by atoms with Crippen molar-refractivity contribution in [3.63, 3.8) is 0 Å². The molecule has 100 valence electrons. The summed E-state index contributed by atoms with van der Waals surface area (Å²) in [4.78, 5) is 0. The van der Waals surface area contributed by atoms with Gasteiger partial charge in [0.2, 0.25) is 0 Å². The zero-order valence-electron chi connectivity index (χ0n) is 12.1. The lowest BCUT2D eigenvalue weighted by Crippen LogP contribution is -2.16. The standard InChI is InChI=1S/C18H23N/c1-13-5-8-16(9-6-13)11-17(12-19)18-10-14(2)4-7-15(18)3/h4-10,17H,11-12,19H2,1-3H3. The lowest BCUT2D eigenvalue weighted by Gasteiger charge is -2.18. The number of hydrogen-bond donors (Lipinski definition) is 1. The number of rotatable bonds is 4. The summed E-state index contributed by atoms with van der Waals surface area (Å²) in [6.45, 7) is 7.13. The highest BCUT2D eigenvalue weighted by Crippen LogP contribution is 2.24. The summed E-state index contributed by atoms with van der Waals surface area (Å²) in [5.41, 5.74) is 12.7. The molecule has 0 aromatic heterocycles. The molecule has 0 spiro atoms. The van der Waals surface area contributed by atoms with E-state index in [1.165, 1.54) is 27.8 Å². The first-order chi connectivity index (χ1) is 9.10. The minimum Gasteiger partial charge on any atom is -0.330 e. The average Bonchev–Trinajstić information content (AvgIpc) is 2.41. The molecule has 0 aliphatic carbocycles. The molecule has 2 rings (SSSR count).